The van der Waals surface area contributed by atoms with Crippen molar-refractivity contribution in [3.8, 4) is 0 Å². The van der Waals surface area contributed by atoms with E-state index >= 15 is 0 Å². The first-order chi connectivity index (χ1) is 12.9. The fourth-order valence-electron chi connectivity index (χ4n) is 2.99. The second-order valence-electron chi connectivity index (χ2n) is 6.61. The SMILES string of the molecule is CCCCCNC(=O)C1CCN(C(=S)Nc2cc([N+](=O)[O-])ccc2Cl)CC1. The van der Waals surface area contributed by atoms with Crippen LogP contribution in [0.15, 0.2) is 18.2 Å². The topological polar surface area (TPSA) is 87.5 Å². The van der Waals surface area contributed by atoms with Crippen LogP contribution < -0.4 is 10.6 Å². The monoisotopic (exact) mass is 412 g/mol. The third-order valence-corrected chi connectivity index (χ3v) is 5.32. The summed E-state index contributed by atoms with van der Waals surface area (Å²) in [5.74, 6) is 0.124. The number of thiocarbonyl (C=S) groups is 1. The molecule has 2 N–H and O–H groups in total. The van der Waals surface area contributed by atoms with Crippen molar-refractivity contribution in [3.05, 3.63) is 33.3 Å². The Hall–Kier alpha value is -1.93. The Bertz CT molecular complexity index is 693. The quantitative estimate of drug-likeness (QED) is 0.305. The predicted molar refractivity (Wildman–Crippen MR) is 111 cm³/mol. The van der Waals surface area contributed by atoms with Gasteiger partial charge in [0.05, 0.1) is 15.6 Å². The molecule has 1 amide bonds. The Morgan fingerprint density at radius 1 is 1.37 bits per heavy atom. The molecule has 1 aliphatic heterocycles. The summed E-state index contributed by atoms with van der Waals surface area (Å²) in [6.07, 6.45) is 4.72. The minimum atomic E-state index is -0.477. The van der Waals surface area contributed by atoms with Crippen molar-refractivity contribution in [2.45, 2.75) is 39.0 Å². The van der Waals surface area contributed by atoms with E-state index in [0.717, 1.165) is 38.6 Å². The molecule has 0 saturated carbocycles. The van der Waals surface area contributed by atoms with Gasteiger partial charge >= 0.3 is 0 Å². The lowest BCUT2D eigenvalue weighted by molar-refractivity contribution is -0.384. The van der Waals surface area contributed by atoms with Crippen LogP contribution in [0.4, 0.5) is 11.4 Å². The van der Waals surface area contributed by atoms with Crippen molar-refractivity contribution >= 4 is 46.2 Å². The molecule has 1 aromatic rings. The van der Waals surface area contributed by atoms with Crippen LogP contribution in [0.3, 0.4) is 0 Å². The molecular formula is C18H25ClN4O3S. The molecule has 1 aliphatic rings. The second kappa shape index (κ2) is 10.4. The van der Waals surface area contributed by atoms with Gasteiger partial charge in [-0.25, -0.2) is 0 Å². The van der Waals surface area contributed by atoms with Gasteiger partial charge in [-0.05, 0) is 37.5 Å². The number of halogens is 1. The third-order valence-electron chi connectivity index (χ3n) is 4.63. The summed E-state index contributed by atoms with van der Waals surface area (Å²) < 4.78 is 0. The number of likely N-dealkylation sites (tertiary alicyclic amines) is 1. The largest absolute Gasteiger partial charge is 0.356 e. The highest BCUT2D eigenvalue weighted by molar-refractivity contribution is 7.80. The average Bonchev–Trinajstić information content (AvgIpc) is 2.66. The number of nitro benzene ring substituents is 1. The maximum absolute atomic E-state index is 12.2. The normalized spacial score (nSPS) is 14.7. The molecule has 1 heterocycles. The van der Waals surface area contributed by atoms with Crippen LogP contribution in [0, 0.1) is 16.0 Å². The number of hydrogen-bond acceptors (Lipinski definition) is 4. The van der Waals surface area contributed by atoms with Crippen LogP contribution in [0.5, 0.6) is 0 Å². The molecule has 1 aromatic carbocycles. The predicted octanol–water partition coefficient (Wildman–Crippen LogP) is 3.96. The molecule has 1 saturated heterocycles. The van der Waals surface area contributed by atoms with E-state index in [9.17, 15) is 14.9 Å². The van der Waals surface area contributed by atoms with Crippen molar-refractivity contribution in [2.24, 2.45) is 5.92 Å². The average molecular weight is 413 g/mol. The van der Waals surface area contributed by atoms with E-state index in [1.165, 1.54) is 18.2 Å². The fourth-order valence-corrected chi connectivity index (χ4v) is 3.45. The smallest absolute Gasteiger partial charge is 0.271 e. The Kier molecular flexibility index (Phi) is 8.24. The zero-order valence-corrected chi connectivity index (χ0v) is 16.9. The highest BCUT2D eigenvalue weighted by Gasteiger charge is 2.26. The molecule has 0 aliphatic carbocycles. The van der Waals surface area contributed by atoms with Gasteiger partial charge in [-0.3, -0.25) is 14.9 Å². The Balaban J connectivity index is 1.84. The highest BCUT2D eigenvalue weighted by atomic mass is 35.5. The number of nitrogens with one attached hydrogen (secondary N) is 2. The minimum Gasteiger partial charge on any atom is -0.356 e. The van der Waals surface area contributed by atoms with Crippen molar-refractivity contribution < 1.29 is 9.72 Å². The van der Waals surface area contributed by atoms with Crippen molar-refractivity contribution in [3.63, 3.8) is 0 Å². The van der Waals surface area contributed by atoms with Gasteiger partial charge in [-0.2, -0.15) is 0 Å². The summed E-state index contributed by atoms with van der Waals surface area (Å²) in [6, 6.07) is 4.19. The summed E-state index contributed by atoms with van der Waals surface area (Å²) in [4.78, 5) is 24.6. The van der Waals surface area contributed by atoms with Gasteiger partial charge < -0.3 is 15.5 Å². The summed E-state index contributed by atoms with van der Waals surface area (Å²) in [6.45, 7) is 4.18. The number of unbranched alkanes of at least 4 members (excludes halogenated alkanes) is 2. The number of carbonyl (C=O) groups excluding carboxylic acids is 1. The Labute approximate surface area is 169 Å². The van der Waals surface area contributed by atoms with Crippen LogP contribution in [0.1, 0.15) is 39.0 Å². The molecule has 1 fully saturated rings. The van der Waals surface area contributed by atoms with Crippen LogP contribution in [-0.4, -0.2) is 40.5 Å². The summed E-state index contributed by atoms with van der Waals surface area (Å²) in [5.41, 5.74) is 0.356. The number of benzene rings is 1. The number of nitrogens with zero attached hydrogens (tertiary/aromatic N) is 2. The summed E-state index contributed by atoms with van der Waals surface area (Å²) in [7, 11) is 0. The van der Waals surface area contributed by atoms with Gasteiger partial charge in [-0.15, -0.1) is 0 Å². The van der Waals surface area contributed by atoms with E-state index in [2.05, 4.69) is 17.6 Å². The third kappa shape index (κ3) is 6.32. The summed E-state index contributed by atoms with van der Waals surface area (Å²) >= 11 is 11.5. The van der Waals surface area contributed by atoms with Gasteiger partial charge in [0, 0.05) is 37.7 Å². The lowest BCUT2D eigenvalue weighted by Gasteiger charge is -2.33. The molecule has 2 rings (SSSR count). The number of non-ortho nitro benzene ring substituents is 1. The molecule has 0 bridgehead atoms. The number of anilines is 1. The summed E-state index contributed by atoms with van der Waals surface area (Å²) in [5, 5.41) is 17.7. The van der Waals surface area contributed by atoms with E-state index in [0.29, 0.717) is 28.9 Å². The molecule has 0 radical (unpaired) electrons. The molecule has 0 aromatic heterocycles. The molecule has 0 unspecified atom stereocenters. The lowest BCUT2D eigenvalue weighted by Crippen LogP contribution is -2.44. The number of rotatable bonds is 7. The van der Waals surface area contributed by atoms with E-state index < -0.39 is 4.92 Å². The van der Waals surface area contributed by atoms with E-state index in [-0.39, 0.29) is 17.5 Å². The molecule has 0 spiro atoms. The van der Waals surface area contributed by atoms with Gasteiger partial charge in [0.1, 0.15) is 0 Å². The van der Waals surface area contributed by atoms with Crippen LogP contribution in [-0.2, 0) is 4.79 Å². The first-order valence-corrected chi connectivity index (χ1v) is 9.98. The maximum atomic E-state index is 12.2. The number of piperidine rings is 1. The standard InChI is InChI=1S/C18H25ClN4O3S/c1-2-3-4-9-20-17(24)13-7-10-22(11-8-13)18(27)21-16-12-14(23(25)26)5-6-15(16)19/h5-6,12-13H,2-4,7-11H2,1H3,(H,20,24)(H,21,27). The van der Waals surface area contributed by atoms with Crippen LogP contribution in [0.25, 0.3) is 0 Å². The second-order valence-corrected chi connectivity index (χ2v) is 7.40. The number of hydrogen-bond donors (Lipinski definition) is 2. The molecular weight excluding hydrogens is 388 g/mol. The highest BCUT2D eigenvalue weighted by Crippen LogP contribution is 2.27. The first-order valence-electron chi connectivity index (χ1n) is 9.20. The van der Waals surface area contributed by atoms with E-state index in [1.54, 1.807) is 0 Å². The lowest BCUT2D eigenvalue weighted by atomic mass is 9.96. The van der Waals surface area contributed by atoms with Gasteiger partial charge in [0.25, 0.3) is 5.69 Å². The molecule has 27 heavy (non-hydrogen) atoms. The molecule has 148 valence electrons. The molecule has 0 atom stereocenters. The van der Waals surface area contributed by atoms with Gasteiger partial charge in [0.15, 0.2) is 5.11 Å². The maximum Gasteiger partial charge on any atom is 0.271 e. The number of amides is 1. The number of nitro groups is 1. The van der Waals surface area contributed by atoms with Gasteiger partial charge in [0.2, 0.25) is 5.91 Å². The van der Waals surface area contributed by atoms with Gasteiger partial charge in [-0.1, -0.05) is 31.4 Å². The van der Waals surface area contributed by atoms with Crippen LogP contribution >= 0.6 is 23.8 Å². The van der Waals surface area contributed by atoms with Crippen molar-refractivity contribution in [1.29, 1.82) is 0 Å². The Morgan fingerprint density at radius 3 is 2.70 bits per heavy atom. The minimum absolute atomic E-state index is 0.00655. The number of carbonyl (C=O) groups is 1. The zero-order valence-electron chi connectivity index (χ0n) is 15.4. The fraction of sp³-hybridized carbons (Fsp3) is 0.556. The zero-order chi connectivity index (χ0) is 19.8. The van der Waals surface area contributed by atoms with Crippen molar-refractivity contribution in [2.75, 3.05) is 25.0 Å². The van der Waals surface area contributed by atoms with Crippen LogP contribution in [0.2, 0.25) is 5.02 Å². The molecule has 7 nitrogen and oxygen atoms in total. The van der Waals surface area contributed by atoms with E-state index in [4.69, 9.17) is 23.8 Å². The Morgan fingerprint density at radius 2 is 2.07 bits per heavy atom. The van der Waals surface area contributed by atoms with Crippen molar-refractivity contribution in [1.82, 2.24) is 10.2 Å². The molecule has 9 heteroatoms. The first kappa shape index (κ1) is 21.4. The van der Waals surface area contributed by atoms with E-state index in [1.807, 2.05) is 4.90 Å².